The third kappa shape index (κ3) is 6.44. The number of benzene rings is 2. The van der Waals surface area contributed by atoms with Crippen molar-refractivity contribution in [2.24, 2.45) is 0 Å². The molecule has 0 aliphatic carbocycles. The molecular formula is C16H15Cl2N3OS. The van der Waals surface area contributed by atoms with Gasteiger partial charge in [0.25, 0.3) is 0 Å². The van der Waals surface area contributed by atoms with E-state index in [1.807, 2.05) is 30.3 Å². The molecule has 2 rings (SSSR count). The number of anilines is 1. The molecular weight excluding hydrogens is 353 g/mol. The summed E-state index contributed by atoms with van der Waals surface area (Å²) in [7, 11) is 0. The molecule has 0 aliphatic rings. The minimum Gasteiger partial charge on any atom is -0.331 e. The fraction of sp³-hybridized carbons (Fsp3) is 0.125. The van der Waals surface area contributed by atoms with E-state index < -0.39 is 0 Å². The second-order valence-corrected chi connectivity index (χ2v) is 6.05. The predicted octanol–water partition coefficient (Wildman–Crippen LogP) is 3.94. The highest BCUT2D eigenvalue weighted by atomic mass is 35.5. The van der Waals surface area contributed by atoms with Gasteiger partial charge in [0.2, 0.25) is 5.91 Å². The first-order chi connectivity index (χ1) is 11.0. The van der Waals surface area contributed by atoms with E-state index in [0.29, 0.717) is 28.6 Å². The van der Waals surface area contributed by atoms with Crippen molar-refractivity contribution in [2.45, 2.75) is 12.8 Å². The molecule has 0 aliphatic heterocycles. The van der Waals surface area contributed by atoms with Gasteiger partial charge in [-0.15, -0.1) is 0 Å². The van der Waals surface area contributed by atoms with Gasteiger partial charge in [0.1, 0.15) is 0 Å². The summed E-state index contributed by atoms with van der Waals surface area (Å²) >= 11 is 16.9. The standard InChI is InChI=1S/C16H15Cl2N3OS/c17-12-8-13(18)10-14(9-12)19-16(23)21-20-15(22)7-6-11-4-2-1-3-5-11/h1-5,8-10H,6-7H2,(H,20,22)(H2,19,21,23). The lowest BCUT2D eigenvalue weighted by Gasteiger charge is -2.12. The Balaban J connectivity index is 1.74. The van der Waals surface area contributed by atoms with Gasteiger partial charge in [0.05, 0.1) is 0 Å². The van der Waals surface area contributed by atoms with E-state index in [-0.39, 0.29) is 11.0 Å². The first kappa shape index (κ1) is 17.5. The zero-order valence-electron chi connectivity index (χ0n) is 12.1. The molecule has 4 nitrogen and oxygen atoms in total. The fourth-order valence-corrected chi connectivity index (χ4v) is 2.57. The van der Waals surface area contributed by atoms with E-state index in [1.165, 1.54) is 0 Å². The number of thiocarbonyl (C=S) groups is 1. The van der Waals surface area contributed by atoms with Gasteiger partial charge in [0.15, 0.2) is 5.11 Å². The molecule has 1 amide bonds. The number of halogens is 2. The lowest BCUT2D eigenvalue weighted by atomic mass is 10.1. The Labute approximate surface area is 150 Å². The van der Waals surface area contributed by atoms with Crippen LogP contribution in [0.25, 0.3) is 0 Å². The molecule has 120 valence electrons. The van der Waals surface area contributed by atoms with E-state index in [1.54, 1.807) is 18.2 Å². The third-order valence-corrected chi connectivity index (χ3v) is 3.56. The second-order valence-electron chi connectivity index (χ2n) is 4.77. The molecule has 0 unspecified atom stereocenters. The number of hydrazine groups is 1. The molecule has 0 radical (unpaired) electrons. The molecule has 7 heteroatoms. The second kappa shape index (κ2) is 8.72. The number of amides is 1. The molecule has 0 bridgehead atoms. The average Bonchev–Trinajstić information content (AvgIpc) is 2.51. The summed E-state index contributed by atoms with van der Waals surface area (Å²) in [6.07, 6.45) is 1.03. The van der Waals surface area contributed by atoms with E-state index in [0.717, 1.165) is 5.56 Å². The molecule has 2 aromatic rings. The van der Waals surface area contributed by atoms with E-state index in [2.05, 4.69) is 16.2 Å². The summed E-state index contributed by atoms with van der Waals surface area (Å²) in [4.78, 5) is 11.8. The Morgan fingerprint density at radius 3 is 2.30 bits per heavy atom. The largest absolute Gasteiger partial charge is 0.331 e. The van der Waals surface area contributed by atoms with Crippen molar-refractivity contribution in [1.82, 2.24) is 10.9 Å². The van der Waals surface area contributed by atoms with Gasteiger partial charge in [-0.2, -0.15) is 0 Å². The number of hydrogen-bond donors (Lipinski definition) is 3. The van der Waals surface area contributed by atoms with Crippen molar-refractivity contribution in [3.05, 3.63) is 64.1 Å². The van der Waals surface area contributed by atoms with E-state index >= 15 is 0 Å². The number of rotatable bonds is 4. The number of hydrogen-bond acceptors (Lipinski definition) is 2. The highest BCUT2D eigenvalue weighted by Gasteiger charge is 2.04. The minimum absolute atomic E-state index is 0.151. The van der Waals surface area contributed by atoms with Gasteiger partial charge in [-0.3, -0.25) is 15.6 Å². The molecule has 0 atom stereocenters. The molecule has 3 N–H and O–H groups in total. The molecule has 0 saturated carbocycles. The lowest BCUT2D eigenvalue weighted by Crippen LogP contribution is -2.43. The van der Waals surface area contributed by atoms with Crippen LogP contribution in [0.1, 0.15) is 12.0 Å². The molecule has 0 spiro atoms. The summed E-state index contributed by atoms with van der Waals surface area (Å²) in [6.45, 7) is 0. The Morgan fingerprint density at radius 2 is 1.65 bits per heavy atom. The van der Waals surface area contributed by atoms with Crippen LogP contribution in [0.15, 0.2) is 48.5 Å². The molecule has 0 fully saturated rings. The molecule has 0 saturated heterocycles. The van der Waals surface area contributed by atoms with Crippen molar-refractivity contribution >= 4 is 52.1 Å². The van der Waals surface area contributed by atoms with Crippen LogP contribution in [0, 0.1) is 0 Å². The smallest absolute Gasteiger partial charge is 0.238 e. The van der Waals surface area contributed by atoms with Crippen molar-refractivity contribution in [3.63, 3.8) is 0 Å². The molecule has 2 aromatic carbocycles. The lowest BCUT2D eigenvalue weighted by molar-refractivity contribution is -0.121. The van der Waals surface area contributed by atoms with Crippen LogP contribution in [0.5, 0.6) is 0 Å². The van der Waals surface area contributed by atoms with Gasteiger partial charge >= 0.3 is 0 Å². The monoisotopic (exact) mass is 367 g/mol. The van der Waals surface area contributed by atoms with E-state index in [4.69, 9.17) is 35.4 Å². The zero-order chi connectivity index (χ0) is 16.7. The number of carbonyl (C=O) groups excluding carboxylic acids is 1. The van der Waals surface area contributed by atoms with Gasteiger partial charge in [-0.25, -0.2) is 0 Å². The molecule has 0 heterocycles. The number of carbonyl (C=O) groups is 1. The first-order valence-corrected chi connectivity index (χ1v) is 8.05. The van der Waals surface area contributed by atoms with Gasteiger partial charge in [0, 0.05) is 22.2 Å². The summed E-state index contributed by atoms with van der Waals surface area (Å²) < 4.78 is 0. The Bertz CT molecular complexity index is 675. The number of aryl methyl sites for hydroxylation is 1. The summed E-state index contributed by atoms with van der Waals surface area (Å²) in [6, 6.07) is 14.8. The van der Waals surface area contributed by atoms with Crippen LogP contribution < -0.4 is 16.2 Å². The summed E-state index contributed by atoms with van der Waals surface area (Å²) in [5.41, 5.74) is 6.93. The van der Waals surface area contributed by atoms with E-state index in [9.17, 15) is 4.79 Å². The van der Waals surface area contributed by atoms with Gasteiger partial charge in [-0.05, 0) is 42.4 Å². The predicted molar refractivity (Wildman–Crippen MR) is 98.7 cm³/mol. The van der Waals surface area contributed by atoms with Crippen LogP contribution in [0.3, 0.4) is 0 Å². The average molecular weight is 368 g/mol. The Kier molecular flexibility index (Phi) is 6.65. The van der Waals surface area contributed by atoms with Gasteiger partial charge in [-0.1, -0.05) is 53.5 Å². The maximum Gasteiger partial charge on any atom is 0.238 e. The Hall–Kier alpha value is -1.82. The van der Waals surface area contributed by atoms with Crippen LogP contribution in [-0.2, 0) is 11.2 Å². The number of nitrogens with one attached hydrogen (secondary N) is 3. The van der Waals surface area contributed by atoms with Crippen molar-refractivity contribution in [1.29, 1.82) is 0 Å². The normalized spacial score (nSPS) is 10.0. The maximum atomic E-state index is 11.8. The van der Waals surface area contributed by atoms with Crippen molar-refractivity contribution in [3.8, 4) is 0 Å². The third-order valence-electron chi connectivity index (χ3n) is 2.92. The van der Waals surface area contributed by atoms with Crippen LogP contribution in [0.4, 0.5) is 5.69 Å². The highest BCUT2D eigenvalue weighted by molar-refractivity contribution is 7.80. The van der Waals surface area contributed by atoms with Crippen molar-refractivity contribution < 1.29 is 4.79 Å². The fourth-order valence-electron chi connectivity index (χ4n) is 1.88. The van der Waals surface area contributed by atoms with Gasteiger partial charge < -0.3 is 5.32 Å². The topological polar surface area (TPSA) is 53.2 Å². The summed E-state index contributed by atoms with van der Waals surface area (Å²) in [5.74, 6) is -0.151. The highest BCUT2D eigenvalue weighted by Crippen LogP contribution is 2.22. The zero-order valence-corrected chi connectivity index (χ0v) is 14.4. The minimum atomic E-state index is -0.151. The first-order valence-electron chi connectivity index (χ1n) is 6.89. The molecule has 23 heavy (non-hydrogen) atoms. The van der Waals surface area contributed by atoms with Crippen molar-refractivity contribution in [2.75, 3.05) is 5.32 Å². The summed E-state index contributed by atoms with van der Waals surface area (Å²) in [5, 5.41) is 4.13. The Morgan fingerprint density at radius 1 is 1.00 bits per heavy atom. The van der Waals surface area contributed by atoms with Crippen LogP contribution in [0.2, 0.25) is 10.0 Å². The van der Waals surface area contributed by atoms with Crippen LogP contribution in [-0.4, -0.2) is 11.0 Å². The maximum absolute atomic E-state index is 11.8. The molecule has 0 aromatic heterocycles. The quantitative estimate of drug-likeness (QED) is 0.565. The van der Waals surface area contributed by atoms with Crippen LogP contribution >= 0.6 is 35.4 Å². The SMILES string of the molecule is O=C(CCc1ccccc1)NNC(=S)Nc1cc(Cl)cc(Cl)c1.